The lowest BCUT2D eigenvalue weighted by Gasteiger charge is -2.36. The van der Waals surface area contributed by atoms with Gasteiger partial charge in [0.2, 0.25) is 0 Å². The number of aromatic nitrogens is 1. The molecule has 4 aliphatic rings. The van der Waals surface area contributed by atoms with Crippen LogP contribution in [-0.4, -0.2) is 16.6 Å². The number of pyridine rings is 1. The smallest absolute Gasteiger partial charge is 0.192 e. The summed E-state index contributed by atoms with van der Waals surface area (Å²) in [6.45, 7) is 6.82. The Kier molecular flexibility index (Phi) is 3.03. The van der Waals surface area contributed by atoms with Gasteiger partial charge < -0.3 is 0 Å². The van der Waals surface area contributed by atoms with Gasteiger partial charge in [-0.2, -0.15) is 0 Å². The number of rotatable bonds is 0. The first-order valence-electron chi connectivity index (χ1n) is 9.70. The van der Waals surface area contributed by atoms with Crippen LogP contribution in [0.5, 0.6) is 0 Å². The van der Waals surface area contributed by atoms with Gasteiger partial charge in [0.25, 0.3) is 0 Å². The molecule has 0 aliphatic heterocycles. The van der Waals surface area contributed by atoms with E-state index in [2.05, 4.69) is 25.8 Å². The Bertz CT molecular complexity index is 856. The van der Waals surface area contributed by atoms with Crippen LogP contribution in [0.25, 0.3) is 0 Å². The van der Waals surface area contributed by atoms with Crippen molar-refractivity contribution in [3.8, 4) is 0 Å². The molecular formula is C22H25NO2. The third kappa shape index (κ3) is 2.01. The first-order chi connectivity index (χ1) is 11.9. The van der Waals surface area contributed by atoms with E-state index in [1.165, 1.54) is 0 Å². The molecule has 4 aliphatic carbocycles. The molecule has 3 atom stereocenters. The fraction of sp³-hybridized carbons (Fsp3) is 0.591. The molecule has 3 nitrogen and oxygen atoms in total. The molecule has 1 heterocycles. The summed E-state index contributed by atoms with van der Waals surface area (Å²) in [5.74, 6) is 1.44. The summed E-state index contributed by atoms with van der Waals surface area (Å²) in [7, 11) is 0. The van der Waals surface area contributed by atoms with Crippen LogP contribution in [0.15, 0.2) is 17.3 Å². The summed E-state index contributed by atoms with van der Waals surface area (Å²) in [6, 6.07) is 0. The first-order valence-corrected chi connectivity index (χ1v) is 9.70. The molecular weight excluding hydrogens is 310 g/mol. The Hall–Kier alpha value is -1.77. The van der Waals surface area contributed by atoms with E-state index in [9.17, 15) is 9.59 Å². The van der Waals surface area contributed by atoms with Gasteiger partial charge in [0, 0.05) is 28.6 Å². The van der Waals surface area contributed by atoms with Crippen molar-refractivity contribution in [3.05, 3.63) is 39.7 Å². The van der Waals surface area contributed by atoms with E-state index in [0.29, 0.717) is 23.3 Å². The molecule has 0 aromatic carbocycles. The molecule has 0 radical (unpaired) electrons. The number of fused-ring (bicyclic) bond motifs is 7. The zero-order valence-corrected chi connectivity index (χ0v) is 15.3. The number of nitrogens with zero attached hydrogens (tertiary/aromatic N) is 1. The average Bonchev–Trinajstić information content (AvgIpc) is 3.19. The molecule has 130 valence electrons. The summed E-state index contributed by atoms with van der Waals surface area (Å²) in [5, 5.41) is 0. The fourth-order valence-electron chi connectivity index (χ4n) is 5.70. The molecule has 1 aromatic rings. The molecule has 3 unspecified atom stereocenters. The second-order valence-electron chi connectivity index (χ2n) is 9.47. The van der Waals surface area contributed by atoms with Crippen molar-refractivity contribution in [3.63, 3.8) is 0 Å². The number of carbonyl (C=O) groups is 2. The molecule has 1 aromatic heterocycles. The first kappa shape index (κ1) is 15.5. The second-order valence-corrected chi connectivity index (χ2v) is 9.47. The molecule has 25 heavy (non-hydrogen) atoms. The fourth-order valence-corrected chi connectivity index (χ4v) is 5.70. The van der Waals surface area contributed by atoms with Crippen molar-refractivity contribution in [2.75, 3.05) is 0 Å². The lowest BCUT2D eigenvalue weighted by molar-refractivity contribution is 0.0960. The van der Waals surface area contributed by atoms with Gasteiger partial charge in [-0.25, -0.2) is 0 Å². The Morgan fingerprint density at radius 2 is 1.68 bits per heavy atom. The van der Waals surface area contributed by atoms with E-state index in [1.807, 2.05) is 0 Å². The third-order valence-corrected chi connectivity index (χ3v) is 7.17. The van der Waals surface area contributed by atoms with Crippen molar-refractivity contribution in [1.82, 2.24) is 4.98 Å². The van der Waals surface area contributed by atoms with E-state index in [4.69, 9.17) is 0 Å². The minimum absolute atomic E-state index is 0.102. The maximum Gasteiger partial charge on any atom is 0.192 e. The largest absolute Gasteiger partial charge is 0.289 e. The summed E-state index contributed by atoms with van der Waals surface area (Å²) >= 11 is 0. The quantitative estimate of drug-likeness (QED) is 0.708. The van der Waals surface area contributed by atoms with Crippen LogP contribution < -0.4 is 0 Å². The number of hydrogen-bond acceptors (Lipinski definition) is 3. The zero-order chi connectivity index (χ0) is 17.5. The van der Waals surface area contributed by atoms with Crippen LogP contribution in [0.2, 0.25) is 0 Å². The topological polar surface area (TPSA) is 47.0 Å². The summed E-state index contributed by atoms with van der Waals surface area (Å²) < 4.78 is 0. The van der Waals surface area contributed by atoms with Gasteiger partial charge in [-0.15, -0.1) is 0 Å². The van der Waals surface area contributed by atoms with Gasteiger partial charge in [0.15, 0.2) is 11.6 Å². The molecule has 5 rings (SSSR count). The minimum Gasteiger partial charge on any atom is -0.289 e. The van der Waals surface area contributed by atoms with Crippen LogP contribution in [0.1, 0.15) is 78.4 Å². The van der Waals surface area contributed by atoms with E-state index in [-0.39, 0.29) is 17.0 Å². The van der Waals surface area contributed by atoms with Gasteiger partial charge in [0.1, 0.15) is 0 Å². The van der Waals surface area contributed by atoms with E-state index in [1.54, 1.807) is 6.20 Å². The second kappa shape index (κ2) is 4.90. The summed E-state index contributed by atoms with van der Waals surface area (Å²) in [4.78, 5) is 31.2. The van der Waals surface area contributed by atoms with Gasteiger partial charge in [0.05, 0.1) is 5.56 Å². The Morgan fingerprint density at radius 1 is 1.00 bits per heavy atom. The Labute approximate surface area is 148 Å². The predicted molar refractivity (Wildman–Crippen MR) is 95.7 cm³/mol. The van der Waals surface area contributed by atoms with Crippen LogP contribution in [0.4, 0.5) is 0 Å². The normalized spacial score (nSPS) is 30.4. The predicted octanol–water partition coefficient (Wildman–Crippen LogP) is 4.34. The van der Waals surface area contributed by atoms with E-state index in [0.717, 1.165) is 66.5 Å². The van der Waals surface area contributed by atoms with Crippen molar-refractivity contribution in [2.24, 2.45) is 23.2 Å². The standard InChI is InChI=1S/C22H25NO2/c1-22(2,3)13-6-7-16-14(9-13)19-15(10-23-16)20(24)17-11-4-5-12(8-11)18(17)21(19)25/h10-13H,4-9H2,1-3H3. The summed E-state index contributed by atoms with van der Waals surface area (Å²) in [6.07, 6.45) is 7.77. The molecule has 2 bridgehead atoms. The van der Waals surface area contributed by atoms with Gasteiger partial charge in [-0.3, -0.25) is 14.6 Å². The minimum atomic E-state index is 0.102. The molecule has 1 fully saturated rings. The van der Waals surface area contributed by atoms with Crippen molar-refractivity contribution in [1.29, 1.82) is 0 Å². The van der Waals surface area contributed by atoms with Crippen molar-refractivity contribution >= 4 is 11.6 Å². The molecule has 0 saturated heterocycles. The Morgan fingerprint density at radius 3 is 2.36 bits per heavy atom. The Balaban J connectivity index is 1.66. The number of ketones is 2. The molecule has 0 spiro atoms. The highest BCUT2D eigenvalue weighted by Crippen LogP contribution is 2.53. The number of aryl methyl sites for hydroxylation is 1. The number of allylic oxidation sites excluding steroid dienone is 2. The molecule has 0 amide bonds. The van der Waals surface area contributed by atoms with Gasteiger partial charge >= 0.3 is 0 Å². The monoisotopic (exact) mass is 335 g/mol. The number of Topliss-reactive ketones (excluding diaryl/α,β-unsaturated/α-hetero) is 2. The highest BCUT2D eigenvalue weighted by Gasteiger charge is 2.49. The van der Waals surface area contributed by atoms with Crippen LogP contribution in [0, 0.1) is 23.2 Å². The van der Waals surface area contributed by atoms with Crippen LogP contribution >= 0.6 is 0 Å². The SMILES string of the molecule is CC(C)(C)C1CCc2ncc3c(c2C1)C(=O)C1=C(C3=O)C2CCC1C2. The van der Waals surface area contributed by atoms with Crippen molar-refractivity contribution < 1.29 is 9.59 Å². The van der Waals surface area contributed by atoms with E-state index < -0.39 is 0 Å². The highest BCUT2D eigenvalue weighted by molar-refractivity contribution is 6.28. The van der Waals surface area contributed by atoms with Gasteiger partial charge in [-0.1, -0.05) is 20.8 Å². The zero-order valence-electron chi connectivity index (χ0n) is 15.3. The maximum absolute atomic E-state index is 13.4. The molecule has 0 N–H and O–H groups in total. The lowest BCUT2D eigenvalue weighted by atomic mass is 9.68. The maximum atomic E-state index is 13.4. The lowest BCUT2D eigenvalue weighted by Crippen LogP contribution is -2.32. The molecule has 1 saturated carbocycles. The van der Waals surface area contributed by atoms with Crippen LogP contribution in [-0.2, 0) is 12.8 Å². The highest BCUT2D eigenvalue weighted by atomic mass is 16.1. The van der Waals surface area contributed by atoms with E-state index >= 15 is 0 Å². The third-order valence-electron chi connectivity index (χ3n) is 7.17. The summed E-state index contributed by atoms with van der Waals surface area (Å²) in [5.41, 5.74) is 5.36. The average molecular weight is 335 g/mol. The van der Waals surface area contributed by atoms with Crippen molar-refractivity contribution in [2.45, 2.75) is 59.3 Å². The number of hydrogen-bond donors (Lipinski definition) is 0. The number of carbonyl (C=O) groups excluding carboxylic acids is 2. The van der Waals surface area contributed by atoms with Gasteiger partial charge in [-0.05, 0) is 67.3 Å². The van der Waals surface area contributed by atoms with Crippen LogP contribution in [0.3, 0.4) is 0 Å². The molecule has 3 heteroatoms.